The van der Waals surface area contributed by atoms with Gasteiger partial charge in [-0.2, -0.15) is 0 Å². The third kappa shape index (κ3) is 3.23. The molecule has 6 heteroatoms. The molecule has 0 aliphatic carbocycles. The Balaban J connectivity index is 2.05. The summed E-state index contributed by atoms with van der Waals surface area (Å²) in [4.78, 5) is 26.2. The van der Waals surface area contributed by atoms with E-state index in [2.05, 4.69) is 0 Å². The second-order valence-corrected chi connectivity index (χ2v) is 6.06. The highest BCUT2D eigenvalue weighted by molar-refractivity contribution is 6.30. The quantitative estimate of drug-likeness (QED) is 0.851. The fourth-order valence-corrected chi connectivity index (χ4v) is 3.03. The lowest BCUT2D eigenvalue weighted by atomic mass is 9.99. The summed E-state index contributed by atoms with van der Waals surface area (Å²) in [5.41, 5.74) is 1.48. The Morgan fingerprint density at radius 1 is 1.16 bits per heavy atom. The maximum atomic E-state index is 12.6. The molecule has 1 N–H and O–H groups in total. The Bertz CT molecular complexity index is 830. The van der Waals surface area contributed by atoms with Crippen molar-refractivity contribution in [2.75, 3.05) is 7.11 Å². The molecule has 2 aromatic carbocycles. The minimum absolute atomic E-state index is 0.0641. The number of benzene rings is 2. The molecule has 0 saturated heterocycles. The number of amides is 1. The Kier molecular flexibility index (Phi) is 4.76. The zero-order chi connectivity index (χ0) is 18.0. The van der Waals surface area contributed by atoms with Crippen molar-refractivity contribution in [2.45, 2.75) is 12.6 Å². The lowest BCUT2D eigenvalue weighted by Crippen LogP contribution is -2.30. The van der Waals surface area contributed by atoms with Crippen molar-refractivity contribution in [1.82, 2.24) is 4.90 Å². The second kappa shape index (κ2) is 6.99. The van der Waals surface area contributed by atoms with Gasteiger partial charge >= 0.3 is 5.97 Å². The van der Waals surface area contributed by atoms with Crippen LogP contribution < -0.4 is 0 Å². The number of carbonyl (C=O) groups is 2. The van der Waals surface area contributed by atoms with Crippen LogP contribution in [0.3, 0.4) is 0 Å². The van der Waals surface area contributed by atoms with E-state index in [4.69, 9.17) is 16.3 Å². The molecular weight excluding hydrogens is 342 g/mol. The summed E-state index contributed by atoms with van der Waals surface area (Å²) in [5, 5.41) is 10.8. The maximum Gasteiger partial charge on any atom is 0.340 e. The summed E-state index contributed by atoms with van der Waals surface area (Å²) in [6, 6.07) is 15.4. The van der Waals surface area contributed by atoms with E-state index in [9.17, 15) is 14.7 Å². The first kappa shape index (κ1) is 17.0. The third-order valence-electron chi connectivity index (χ3n) is 4.09. The van der Waals surface area contributed by atoms with Gasteiger partial charge < -0.3 is 14.7 Å². The summed E-state index contributed by atoms with van der Waals surface area (Å²) in [6.07, 6.45) is 0. The number of ether oxygens (including phenoxy) is 1. The maximum absolute atomic E-state index is 12.6. The van der Waals surface area contributed by atoms with Crippen LogP contribution in [0.2, 0.25) is 5.02 Å². The van der Waals surface area contributed by atoms with Crippen LogP contribution in [0.15, 0.2) is 65.9 Å². The molecule has 1 aliphatic heterocycles. The number of hydrogen-bond acceptors (Lipinski definition) is 4. The fourth-order valence-electron chi connectivity index (χ4n) is 2.91. The zero-order valence-electron chi connectivity index (χ0n) is 13.5. The predicted molar refractivity (Wildman–Crippen MR) is 92.9 cm³/mol. The van der Waals surface area contributed by atoms with Crippen molar-refractivity contribution in [3.8, 4) is 0 Å². The number of carbonyl (C=O) groups excluding carboxylic acids is 2. The van der Waals surface area contributed by atoms with Crippen molar-refractivity contribution in [1.29, 1.82) is 0 Å². The summed E-state index contributed by atoms with van der Waals surface area (Å²) in [7, 11) is 1.21. The van der Waals surface area contributed by atoms with E-state index >= 15 is 0 Å². The van der Waals surface area contributed by atoms with Gasteiger partial charge in [-0.05, 0) is 23.3 Å². The van der Waals surface area contributed by atoms with Crippen LogP contribution in [0.25, 0.3) is 0 Å². The van der Waals surface area contributed by atoms with Gasteiger partial charge in [0.15, 0.2) is 5.76 Å². The molecule has 0 bridgehead atoms. The van der Waals surface area contributed by atoms with Crippen molar-refractivity contribution in [2.24, 2.45) is 0 Å². The zero-order valence-corrected chi connectivity index (χ0v) is 14.2. The molecule has 1 amide bonds. The van der Waals surface area contributed by atoms with Gasteiger partial charge in [-0.1, -0.05) is 54.1 Å². The van der Waals surface area contributed by atoms with Gasteiger partial charge in [0.2, 0.25) is 0 Å². The smallest absolute Gasteiger partial charge is 0.340 e. The standard InChI is InChI=1S/C19H16ClNO4/c1-25-19(24)15-16(13-7-9-14(20)10-8-13)21(18(23)17(15)22)11-12-5-3-2-4-6-12/h2-10,16,22H,11H2,1H3. The highest BCUT2D eigenvalue weighted by atomic mass is 35.5. The lowest BCUT2D eigenvalue weighted by Gasteiger charge is -2.26. The Hall–Kier alpha value is -2.79. The molecule has 1 unspecified atom stereocenters. The van der Waals surface area contributed by atoms with Crippen molar-refractivity contribution < 1.29 is 19.4 Å². The molecule has 5 nitrogen and oxygen atoms in total. The fraction of sp³-hybridized carbons (Fsp3) is 0.158. The van der Waals surface area contributed by atoms with Crippen LogP contribution in [0, 0.1) is 0 Å². The van der Waals surface area contributed by atoms with Gasteiger partial charge in [0.05, 0.1) is 13.2 Å². The van der Waals surface area contributed by atoms with E-state index in [0.29, 0.717) is 10.6 Å². The van der Waals surface area contributed by atoms with E-state index < -0.39 is 23.7 Å². The van der Waals surface area contributed by atoms with Crippen LogP contribution in [0.1, 0.15) is 17.2 Å². The average molecular weight is 358 g/mol. The Morgan fingerprint density at radius 3 is 2.40 bits per heavy atom. The molecule has 0 spiro atoms. The predicted octanol–water partition coefficient (Wildman–Crippen LogP) is 3.41. The number of rotatable bonds is 4. The van der Waals surface area contributed by atoms with E-state index in [-0.39, 0.29) is 12.1 Å². The topological polar surface area (TPSA) is 66.8 Å². The van der Waals surface area contributed by atoms with Crippen LogP contribution in [0.5, 0.6) is 0 Å². The SMILES string of the molecule is COC(=O)C1=C(O)C(=O)N(Cc2ccccc2)C1c1ccc(Cl)cc1. The van der Waals surface area contributed by atoms with Crippen molar-refractivity contribution >= 4 is 23.5 Å². The molecule has 128 valence electrons. The number of esters is 1. The third-order valence-corrected chi connectivity index (χ3v) is 4.34. The first-order valence-electron chi connectivity index (χ1n) is 7.64. The van der Waals surface area contributed by atoms with Gasteiger partial charge in [0.1, 0.15) is 5.57 Å². The summed E-state index contributed by atoms with van der Waals surface area (Å²) < 4.78 is 4.77. The Labute approximate surface area is 150 Å². The van der Waals surface area contributed by atoms with Gasteiger partial charge in [-0.25, -0.2) is 4.79 Å². The molecule has 1 heterocycles. The van der Waals surface area contributed by atoms with Crippen LogP contribution in [-0.2, 0) is 20.9 Å². The minimum Gasteiger partial charge on any atom is -0.503 e. The summed E-state index contributed by atoms with van der Waals surface area (Å²) in [5.74, 6) is -1.92. The molecule has 2 aromatic rings. The second-order valence-electron chi connectivity index (χ2n) is 5.63. The molecule has 0 radical (unpaired) electrons. The normalized spacial score (nSPS) is 17.1. The number of methoxy groups -OCH3 is 1. The first-order valence-corrected chi connectivity index (χ1v) is 8.02. The van der Waals surface area contributed by atoms with Crippen LogP contribution >= 0.6 is 11.6 Å². The van der Waals surface area contributed by atoms with Crippen LogP contribution in [-0.4, -0.2) is 29.0 Å². The summed E-state index contributed by atoms with van der Waals surface area (Å²) in [6.45, 7) is 0.248. The molecule has 3 rings (SSSR count). The first-order chi connectivity index (χ1) is 12.0. The molecule has 0 fully saturated rings. The van der Waals surface area contributed by atoms with Gasteiger partial charge in [-0.15, -0.1) is 0 Å². The van der Waals surface area contributed by atoms with Gasteiger partial charge in [0.25, 0.3) is 5.91 Å². The minimum atomic E-state index is -0.738. The number of aliphatic hydroxyl groups excluding tert-OH is 1. The summed E-state index contributed by atoms with van der Waals surface area (Å²) >= 11 is 5.93. The van der Waals surface area contributed by atoms with E-state index in [1.165, 1.54) is 12.0 Å². The molecule has 25 heavy (non-hydrogen) atoms. The van der Waals surface area contributed by atoms with E-state index in [1.807, 2.05) is 30.3 Å². The molecular formula is C19H16ClNO4. The number of aliphatic hydroxyl groups is 1. The largest absolute Gasteiger partial charge is 0.503 e. The molecule has 1 atom stereocenters. The van der Waals surface area contributed by atoms with Crippen molar-refractivity contribution in [3.05, 3.63) is 82.1 Å². The highest BCUT2D eigenvalue weighted by Gasteiger charge is 2.44. The average Bonchev–Trinajstić information content (AvgIpc) is 2.87. The lowest BCUT2D eigenvalue weighted by molar-refractivity contribution is -0.136. The highest BCUT2D eigenvalue weighted by Crippen LogP contribution is 2.39. The molecule has 0 saturated carbocycles. The molecule has 0 aromatic heterocycles. The molecule has 1 aliphatic rings. The number of hydrogen-bond donors (Lipinski definition) is 1. The van der Waals surface area contributed by atoms with E-state index in [0.717, 1.165) is 5.56 Å². The van der Waals surface area contributed by atoms with Crippen molar-refractivity contribution in [3.63, 3.8) is 0 Å². The van der Waals surface area contributed by atoms with Crippen LogP contribution in [0.4, 0.5) is 0 Å². The van der Waals surface area contributed by atoms with E-state index in [1.54, 1.807) is 24.3 Å². The number of halogens is 1. The van der Waals surface area contributed by atoms with Gasteiger partial charge in [0, 0.05) is 11.6 Å². The Morgan fingerprint density at radius 2 is 1.80 bits per heavy atom. The monoisotopic (exact) mass is 357 g/mol. The number of nitrogens with zero attached hydrogens (tertiary/aromatic N) is 1. The van der Waals surface area contributed by atoms with Gasteiger partial charge in [-0.3, -0.25) is 4.79 Å².